The third-order valence-electron chi connectivity index (χ3n) is 15.0. The highest BCUT2D eigenvalue weighted by Crippen LogP contribution is 2.51. The van der Waals surface area contributed by atoms with E-state index in [1.54, 1.807) is 0 Å². The normalized spacial score (nSPS) is 12.5. The molecule has 6 aromatic carbocycles. The number of hydrogen-bond donors (Lipinski definition) is 0. The Labute approximate surface area is 459 Å². The molecule has 0 bridgehead atoms. The van der Waals surface area contributed by atoms with Crippen LogP contribution in [0, 0.1) is 0 Å². The molecule has 0 radical (unpaired) electrons. The van der Waals surface area contributed by atoms with Gasteiger partial charge in [0.25, 0.3) is 0 Å². The van der Waals surface area contributed by atoms with Crippen molar-refractivity contribution < 1.29 is 9.47 Å². The second-order valence-electron chi connectivity index (χ2n) is 24.1. The molecular formula is C68H95N3O2P2. The second kappa shape index (κ2) is 24.7. The molecule has 0 aliphatic carbocycles. The zero-order chi connectivity index (χ0) is 55.7. The van der Waals surface area contributed by atoms with Gasteiger partial charge in [-0.05, 0) is 188 Å². The Bertz CT molecular complexity index is 2750. The van der Waals surface area contributed by atoms with Crippen LogP contribution in [0.4, 0.5) is 17.1 Å². The van der Waals surface area contributed by atoms with E-state index in [4.69, 9.17) is 9.47 Å². The molecule has 0 saturated carbocycles. The lowest BCUT2D eigenvalue weighted by molar-refractivity contribution is 0.411. The molecule has 6 rings (SSSR count). The number of rotatable bonds is 20. The lowest BCUT2D eigenvalue weighted by atomic mass is 9.92. The molecule has 0 aliphatic heterocycles. The van der Waals surface area contributed by atoms with Gasteiger partial charge >= 0.3 is 0 Å². The Morgan fingerprint density at radius 3 is 0.760 bits per heavy atom. The average Bonchev–Trinajstić information content (AvgIpc) is 3.34. The topological polar surface area (TPSA) is 28.2 Å². The third-order valence-corrected chi connectivity index (χ3v) is 19.9. The van der Waals surface area contributed by atoms with Crippen LogP contribution in [0.3, 0.4) is 0 Å². The molecule has 75 heavy (non-hydrogen) atoms. The maximum Gasteiger partial charge on any atom is 0.127 e. The van der Waals surface area contributed by atoms with Crippen LogP contribution in [0.1, 0.15) is 203 Å². The standard InChI is InChI=1S/C68H95N3O2P2/c1-40(2)48-31-49(41(3)4)33-50(32-48)74(51-34-54(42(5)6)66(69(17)18)55(35-51)43(7)8)62-29-25-27-60(72-23)64(62)65-61(73-24)28-26-30-63(65)75(52-36-56(44(9)10)67(70(19)20)57(37-52)45(11)12)53-38-58(46(13)14)68(71(21)22)59(39-53)47(15)16/h25-47H,1-24H3. The van der Waals surface area contributed by atoms with Gasteiger partial charge in [0, 0.05) is 70.5 Å². The lowest BCUT2D eigenvalue weighted by Gasteiger charge is -2.33. The van der Waals surface area contributed by atoms with E-state index in [-0.39, 0.29) is 0 Å². The van der Waals surface area contributed by atoms with Gasteiger partial charge in [-0.25, -0.2) is 0 Å². The van der Waals surface area contributed by atoms with Gasteiger partial charge in [-0.15, -0.1) is 0 Å². The van der Waals surface area contributed by atoms with Gasteiger partial charge in [0.1, 0.15) is 11.5 Å². The summed E-state index contributed by atoms with van der Waals surface area (Å²) in [5.41, 5.74) is 17.3. The molecule has 0 N–H and O–H groups in total. The fourth-order valence-electron chi connectivity index (χ4n) is 11.1. The van der Waals surface area contributed by atoms with Crippen molar-refractivity contribution in [3.8, 4) is 22.6 Å². The molecule has 0 aromatic heterocycles. The first kappa shape index (κ1) is 59.4. The van der Waals surface area contributed by atoms with Gasteiger partial charge in [-0.2, -0.15) is 0 Å². The SMILES string of the molecule is COc1cccc(P(c2cc(C(C)C)cc(C(C)C)c2)c2cc(C(C)C)c(N(C)C)c(C(C)C)c2)c1-c1c(OC)cccc1P(c1cc(C(C)C)c(N(C)C)c(C(C)C)c1)c1cc(C(C)C)c(N(C)C)c(C(C)C)c1. The number of benzene rings is 6. The number of methoxy groups -OCH3 is 2. The van der Waals surface area contributed by atoms with Crippen LogP contribution in [-0.4, -0.2) is 56.5 Å². The number of nitrogens with zero attached hydrogens (tertiary/aromatic N) is 3. The average molecular weight is 1050 g/mol. The summed E-state index contributed by atoms with van der Waals surface area (Å²) in [6, 6.07) is 36.6. The van der Waals surface area contributed by atoms with Crippen molar-refractivity contribution in [1.29, 1.82) is 0 Å². The zero-order valence-corrected chi connectivity index (χ0v) is 52.6. The molecule has 404 valence electrons. The second-order valence-corrected chi connectivity index (χ2v) is 28.4. The van der Waals surface area contributed by atoms with Gasteiger partial charge in [-0.3, -0.25) is 0 Å². The fraction of sp³-hybridized carbons (Fsp3) is 0.471. The summed E-state index contributed by atoms with van der Waals surface area (Å²) in [5, 5.41) is 7.96. The molecule has 0 saturated heterocycles. The molecule has 0 amide bonds. The first-order chi connectivity index (χ1) is 35.2. The molecule has 6 aromatic rings. The van der Waals surface area contributed by atoms with E-state index in [0.29, 0.717) is 47.3 Å². The summed E-state index contributed by atoms with van der Waals surface area (Å²) >= 11 is 0. The van der Waals surface area contributed by atoms with Crippen molar-refractivity contribution in [2.24, 2.45) is 0 Å². The molecule has 0 heterocycles. The smallest absolute Gasteiger partial charge is 0.127 e. The van der Waals surface area contributed by atoms with E-state index < -0.39 is 15.8 Å². The first-order valence-corrected chi connectivity index (χ1v) is 30.6. The van der Waals surface area contributed by atoms with Crippen molar-refractivity contribution in [2.75, 3.05) is 71.2 Å². The quantitative estimate of drug-likeness (QED) is 0.0711. The first-order valence-electron chi connectivity index (χ1n) is 27.9. The van der Waals surface area contributed by atoms with Crippen LogP contribution in [0.25, 0.3) is 11.1 Å². The maximum absolute atomic E-state index is 6.74. The minimum absolute atomic E-state index is 0.308. The Balaban J connectivity index is 1.92. The van der Waals surface area contributed by atoms with E-state index in [0.717, 1.165) is 22.6 Å². The van der Waals surface area contributed by atoms with Crippen LogP contribution >= 0.6 is 15.8 Å². The highest BCUT2D eigenvalue weighted by atomic mass is 31.1. The van der Waals surface area contributed by atoms with E-state index in [1.165, 1.54) is 93.4 Å². The third kappa shape index (κ3) is 12.3. The lowest BCUT2D eigenvalue weighted by Crippen LogP contribution is -2.29. The Morgan fingerprint density at radius 2 is 0.560 bits per heavy atom. The van der Waals surface area contributed by atoms with Crippen LogP contribution in [-0.2, 0) is 0 Å². The largest absolute Gasteiger partial charge is 0.496 e. The zero-order valence-electron chi connectivity index (χ0n) is 50.8. The van der Waals surface area contributed by atoms with Crippen molar-refractivity contribution in [3.05, 3.63) is 136 Å². The van der Waals surface area contributed by atoms with Gasteiger partial charge in [-0.1, -0.05) is 153 Å². The van der Waals surface area contributed by atoms with Gasteiger partial charge in [0.05, 0.1) is 14.2 Å². The number of hydrogen-bond acceptors (Lipinski definition) is 5. The molecule has 1 unspecified atom stereocenters. The molecule has 5 nitrogen and oxygen atoms in total. The van der Waals surface area contributed by atoms with Crippen molar-refractivity contribution in [1.82, 2.24) is 0 Å². The highest BCUT2D eigenvalue weighted by Gasteiger charge is 2.34. The van der Waals surface area contributed by atoms with Gasteiger partial charge in [0.2, 0.25) is 0 Å². The molecule has 1 atom stereocenters. The van der Waals surface area contributed by atoms with Crippen LogP contribution in [0.2, 0.25) is 0 Å². The monoisotopic (exact) mass is 1050 g/mol. The van der Waals surface area contributed by atoms with Crippen LogP contribution in [0.15, 0.2) is 91.0 Å². The summed E-state index contributed by atoms with van der Waals surface area (Å²) in [5.74, 6) is 4.28. The van der Waals surface area contributed by atoms with E-state index in [9.17, 15) is 0 Å². The predicted octanol–water partition coefficient (Wildman–Crippen LogP) is 16.1. The summed E-state index contributed by atoms with van der Waals surface area (Å²) < 4.78 is 13.5. The summed E-state index contributed by atoms with van der Waals surface area (Å²) in [6.07, 6.45) is 0. The number of anilines is 3. The van der Waals surface area contributed by atoms with E-state index >= 15 is 0 Å². The maximum atomic E-state index is 6.74. The Hall–Kier alpha value is -4.82. The summed E-state index contributed by atoms with van der Waals surface area (Å²) in [7, 11) is 14.5. The van der Waals surface area contributed by atoms with Crippen LogP contribution < -0.4 is 56.0 Å². The molecule has 0 fully saturated rings. The van der Waals surface area contributed by atoms with Crippen molar-refractivity contribution in [2.45, 2.75) is 158 Å². The van der Waals surface area contributed by atoms with Crippen molar-refractivity contribution in [3.63, 3.8) is 0 Å². The Kier molecular flexibility index (Phi) is 19.5. The molecule has 0 aliphatic rings. The van der Waals surface area contributed by atoms with E-state index in [1.807, 2.05) is 14.2 Å². The fourth-order valence-corrected chi connectivity index (χ4v) is 16.4. The van der Waals surface area contributed by atoms with Crippen LogP contribution in [0.5, 0.6) is 11.5 Å². The minimum Gasteiger partial charge on any atom is -0.496 e. The molecule has 0 spiro atoms. The highest BCUT2D eigenvalue weighted by molar-refractivity contribution is 7.80. The number of ether oxygens (including phenoxy) is 2. The van der Waals surface area contributed by atoms with Crippen molar-refractivity contribution >= 4 is 64.7 Å². The van der Waals surface area contributed by atoms with Gasteiger partial charge in [0.15, 0.2) is 0 Å². The summed E-state index contributed by atoms with van der Waals surface area (Å²) in [6.45, 7) is 37.7. The minimum atomic E-state index is -1.23. The van der Waals surface area contributed by atoms with E-state index in [2.05, 4.69) is 259 Å². The molecular weight excluding hydrogens is 953 g/mol. The predicted molar refractivity (Wildman–Crippen MR) is 338 cm³/mol. The Morgan fingerprint density at radius 1 is 0.320 bits per heavy atom. The summed E-state index contributed by atoms with van der Waals surface area (Å²) in [4.78, 5) is 7.03. The molecule has 7 heteroatoms. The van der Waals surface area contributed by atoms with Gasteiger partial charge < -0.3 is 24.2 Å².